The lowest BCUT2D eigenvalue weighted by molar-refractivity contribution is -0.384. The maximum atomic E-state index is 11.0. The van der Waals surface area contributed by atoms with Crippen molar-refractivity contribution in [2.45, 2.75) is 12.8 Å². The van der Waals surface area contributed by atoms with Gasteiger partial charge in [-0.2, -0.15) is 10.2 Å². The summed E-state index contributed by atoms with van der Waals surface area (Å²) in [5.41, 5.74) is 6.77. The van der Waals surface area contributed by atoms with Crippen LogP contribution in [0.2, 0.25) is 0 Å². The van der Waals surface area contributed by atoms with Gasteiger partial charge in [0, 0.05) is 30.9 Å². The number of morpholine rings is 1. The lowest BCUT2D eigenvalue weighted by Crippen LogP contribution is -2.36. The lowest BCUT2D eigenvalue weighted by atomic mass is 10.1. The second kappa shape index (κ2) is 10.4. The van der Waals surface area contributed by atoms with E-state index in [2.05, 4.69) is 31.1 Å². The predicted octanol–water partition coefficient (Wildman–Crippen LogP) is 4.41. The molecule has 2 heterocycles. The molecular weight excluding hydrogens is 444 g/mol. The fourth-order valence-electron chi connectivity index (χ4n) is 4.29. The minimum Gasteiger partial charge on any atom is -0.378 e. The van der Waals surface area contributed by atoms with Gasteiger partial charge in [-0.05, 0) is 59.9 Å². The monoisotopic (exact) mass is 468 g/mol. The van der Waals surface area contributed by atoms with Crippen LogP contribution in [0.4, 0.5) is 5.69 Å². The molecule has 0 saturated carbocycles. The number of hydrogen-bond acceptors (Lipinski definition) is 8. The number of benzene rings is 2. The Morgan fingerprint density at radius 1 is 0.971 bits per heavy atom. The van der Waals surface area contributed by atoms with Crippen molar-refractivity contribution in [2.24, 2.45) is 10.2 Å². The molecule has 0 radical (unpaired) electrons. The molecule has 9 heteroatoms. The van der Waals surface area contributed by atoms with E-state index in [1.807, 2.05) is 30.5 Å². The highest BCUT2D eigenvalue weighted by atomic mass is 16.6. The van der Waals surface area contributed by atoms with E-state index in [-0.39, 0.29) is 10.6 Å². The quantitative estimate of drug-likeness (QED) is 0.301. The number of ether oxygens (including phenoxy) is 1. The molecule has 35 heavy (non-hydrogen) atoms. The Labute approximate surface area is 202 Å². The first kappa shape index (κ1) is 22.5. The number of nitro benzene ring substituents is 1. The number of allylic oxidation sites excluding steroid dienone is 2. The summed E-state index contributed by atoms with van der Waals surface area (Å²) >= 11 is 0. The standard InChI is InChI=1S/C26H24N6O3/c33-32(34)23-9-5-19(6-10-23)15-20-7-8-21(26(20)31-11-13-35-14-12-31)16-28-29-18-22-17-27-24-3-1-2-4-25(24)30-22/h1-6,9-10,15-18H,7-8,11-14H2. The SMILES string of the molecule is O=[N+]([O-])c1ccc(C=C2CCC(C=NN=Cc3cnc4ccccc4n3)=C2N2CCOCC2)cc1. The maximum Gasteiger partial charge on any atom is 0.269 e. The van der Waals surface area contributed by atoms with Gasteiger partial charge in [0.2, 0.25) is 0 Å². The number of nitro groups is 1. The van der Waals surface area contributed by atoms with Crippen LogP contribution in [-0.4, -0.2) is 58.5 Å². The van der Waals surface area contributed by atoms with Gasteiger partial charge in [-0.15, -0.1) is 0 Å². The summed E-state index contributed by atoms with van der Waals surface area (Å²) < 4.78 is 5.54. The summed E-state index contributed by atoms with van der Waals surface area (Å²) in [7, 11) is 0. The van der Waals surface area contributed by atoms with E-state index in [1.165, 1.54) is 17.7 Å². The van der Waals surface area contributed by atoms with Crippen LogP contribution in [0.5, 0.6) is 0 Å². The summed E-state index contributed by atoms with van der Waals surface area (Å²) in [4.78, 5) is 21.8. The van der Waals surface area contributed by atoms with Crippen molar-refractivity contribution in [3.63, 3.8) is 0 Å². The molecular formula is C26H24N6O3. The van der Waals surface area contributed by atoms with Crippen molar-refractivity contribution in [1.82, 2.24) is 14.9 Å². The Morgan fingerprint density at radius 2 is 1.71 bits per heavy atom. The third-order valence-corrected chi connectivity index (χ3v) is 5.98. The largest absolute Gasteiger partial charge is 0.378 e. The van der Waals surface area contributed by atoms with Crippen molar-refractivity contribution in [3.8, 4) is 0 Å². The van der Waals surface area contributed by atoms with E-state index in [9.17, 15) is 10.1 Å². The molecule has 176 valence electrons. The third-order valence-electron chi connectivity index (χ3n) is 5.98. The number of nitrogens with zero attached hydrogens (tertiary/aromatic N) is 6. The Morgan fingerprint density at radius 3 is 2.49 bits per heavy atom. The highest BCUT2D eigenvalue weighted by molar-refractivity contribution is 5.85. The van der Waals surface area contributed by atoms with Crippen molar-refractivity contribution >= 4 is 35.2 Å². The molecule has 0 bridgehead atoms. The van der Waals surface area contributed by atoms with Gasteiger partial charge >= 0.3 is 0 Å². The van der Waals surface area contributed by atoms with Crippen LogP contribution in [0.25, 0.3) is 17.1 Å². The fraction of sp³-hybridized carbons (Fsp3) is 0.231. The van der Waals surface area contributed by atoms with Gasteiger partial charge in [-0.1, -0.05) is 12.1 Å². The first-order chi connectivity index (χ1) is 17.2. The summed E-state index contributed by atoms with van der Waals surface area (Å²) in [6.45, 7) is 2.97. The molecule has 0 unspecified atom stereocenters. The second-order valence-corrected chi connectivity index (χ2v) is 8.26. The van der Waals surface area contributed by atoms with E-state index >= 15 is 0 Å². The minimum absolute atomic E-state index is 0.0873. The van der Waals surface area contributed by atoms with Gasteiger partial charge in [0.05, 0.1) is 47.8 Å². The Kier molecular flexibility index (Phi) is 6.67. The molecule has 9 nitrogen and oxygen atoms in total. The predicted molar refractivity (Wildman–Crippen MR) is 135 cm³/mol. The zero-order valence-corrected chi connectivity index (χ0v) is 19.1. The highest BCUT2D eigenvalue weighted by Crippen LogP contribution is 2.35. The number of fused-ring (bicyclic) bond motifs is 1. The summed E-state index contributed by atoms with van der Waals surface area (Å²) in [6, 6.07) is 14.3. The van der Waals surface area contributed by atoms with Gasteiger partial charge in [0.15, 0.2) is 0 Å². The number of aromatic nitrogens is 2. The normalized spacial score (nSPS) is 17.9. The third kappa shape index (κ3) is 5.30. The zero-order valence-electron chi connectivity index (χ0n) is 19.1. The molecule has 2 aromatic carbocycles. The van der Waals surface area contributed by atoms with E-state index in [1.54, 1.807) is 24.5 Å². The summed E-state index contributed by atoms with van der Waals surface area (Å²) in [5.74, 6) is 0. The van der Waals surface area contributed by atoms with Crippen LogP contribution in [0.15, 0.2) is 81.8 Å². The van der Waals surface area contributed by atoms with Gasteiger partial charge in [-0.3, -0.25) is 15.1 Å². The minimum atomic E-state index is -0.385. The zero-order chi connectivity index (χ0) is 24.0. The first-order valence-corrected chi connectivity index (χ1v) is 11.5. The molecule has 1 aliphatic heterocycles. The summed E-state index contributed by atoms with van der Waals surface area (Å²) in [6.07, 6.45) is 8.91. The van der Waals surface area contributed by atoms with Crippen LogP contribution < -0.4 is 0 Å². The molecule has 1 fully saturated rings. The topological polar surface area (TPSA) is 106 Å². The average Bonchev–Trinajstić information content (AvgIpc) is 3.29. The number of para-hydroxylation sites is 2. The van der Waals surface area contributed by atoms with Crippen LogP contribution in [0.3, 0.4) is 0 Å². The van der Waals surface area contributed by atoms with Gasteiger partial charge in [0.25, 0.3) is 5.69 Å². The highest BCUT2D eigenvalue weighted by Gasteiger charge is 2.25. The smallest absolute Gasteiger partial charge is 0.269 e. The molecule has 5 rings (SSSR count). The Hall–Kier alpha value is -4.24. The molecule has 1 aromatic heterocycles. The van der Waals surface area contributed by atoms with Crippen LogP contribution in [0.1, 0.15) is 24.1 Å². The molecule has 0 spiro atoms. The van der Waals surface area contributed by atoms with Crippen molar-refractivity contribution in [2.75, 3.05) is 26.3 Å². The molecule has 0 atom stereocenters. The van der Waals surface area contributed by atoms with Crippen LogP contribution >= 0.6 is 0 Å². The van der Waals surface area contributed by atoms with E-state index in [0.717, 1.165) is 53.8 Å². The van der Waals surface area contributed by atoms with E-state index in [0.29, 0.717) is 18.9 Å². The average molecular weight is 469 g/mol. The Bertz CT molecular complexity index is 1360. The second-order valence-electron chi connectivity index (χ2n) is 8.26. The summed E-state index contributed by atoms with van der Waals surface area (Å²) in [5, 5.41) is 19.5. The van der Waals surface area contributed by atoms with Crippen molar-refractivity contribution in [1.29, 1.82) is 0 Å². The molecule has 2 aliphatic rings. The van der Waals surface area contributed by atoms with Crippen LogP contribution in [-0.2, 0) is 4.74 Å². The molecule has 3 aromatic rings. The van der Waals surface area contributed by atoms with E-state index < -0.39 is 0 Å². The van der Waals surface area contributed by atoms with Gasteiger partial charge in [-0.25, -0.2) is 4.98 Å². The van der Waals surface area contributed by atoms with E-state index in [4.69, 9.17) is 4.74 Å². The van der Waals surface area contributed by atoms with Gasteiger partial charge < -0.3 is 9.64 Å². The number of rotatable bonds is 6. The maximum absolute atomic E-state index is 11.0. The first-order valence-electron chi connectivity index (χ1n) is 11.5. The number of non-ortho nitro benzene ring substituents is 1. The molecule has 1 aliphatic carbocycles. The fourth-order valence-corrected chi connectivity index (χ4v) is 4.29. The Balaban J connectivity index is 1.39. The van der Waals surface area contributed by atoms with Crippen molar-refractivity contribution in [3.05, 3.63) is 92.9 Å². The lowest BCUT2D eigenvalue weighted by Gasteiger charge is -2.31. The van der Waals surface area contributed by atoms with Crippen molar-refractivity contribution < 1.29 is 9.66 Å². The molecule has 0 amide bonds. The van der Waals surface area contributed by atoms with Gasteiger partial charge in [0.1, 0.15) is 5.69 Å². The molecule has 1 saturated heterocycles. The van der Waals surface area contributed by atoms with Crippen LogP contribution in [0, 0.1) is 10.1 Å². The number of hydrogen-bond donors (Lipinski definition) is 0. The molecule has 0 N–H and O–H groups in total.